The van der Waals surface area contributed by atoms with E-state index in [2.05, 4.69) is 12.2 Å². The summed E-state index contributed by atoms with van der Waals surface area (Å²) in [6.45, 7) is 2.93. The Labute approximate surface area is 142 Å². The molecule has 0 bridgehead atoms. The van der Waals surface area contributed by atoms with Gasteiger partial charge in [-0.1, -0.05) is 18.2 Å². The third-order valence-electron chi connectivity index (χ3n) is 4.05. The maximum absolute atomic E-state index is 11.0. The van der Waals surface area contributed by atoms with Gasteiger partial charge in [0.05, 0.1) is 0 Å². The number of aromatic hydroxyl groups is 2. The lowest BCUT2D eigenvalue weighted by molar-refractivity contribution is 0.100. The highest BCUT2D eigenvalue weighted by Crippen LogP contribution is 2.24. The first kappa shape index (κ1) is 17.8. The van der Waals surface area contributed by atoms with Crippen LogP contribution in [0.4, 0.5) is 0 Å². The fourth-order valence-electron chi connectivity index (χ4n) is 2.51. The van der Waals surface area contributed by atoms with Crippen molar-refractivity contribution in [3.05, 3.63) is 59.2 Å². The van der Waals surface area contributed by atoms with Crippen LogP contribution >= 0.6 is 0 Å². The number of nitrogens with one attached hydrogen (secondary N) is 1. The fraction of sp³-hybridized carbons (Fsp3) is 0.316. The fourth-order valence-corrected chi connectivity index (χ4v) is 2.51. The predicted molar refractivity (Wildman–Crippen MR) is 94.2 cm³/mol. The van der Waals surface area contributed by atoms with Crippen molar-refractivity contribution in [2.24, 2.45) is 5.73 Å². The van der Waals surface area contributed by atoms with Crippen molar-refractivity contribution in [2.75, 3.05) is 6.54 Å². The van der Waals surface area contributed by atoms with E-state index in [-0.39, 0.29) is 11.5 Å². The lowest BCUT2D eigenvalue weighted by Gasteiger charge is -2.14. The molecule has 5 heteroatoms. The maximum Gasteiger partial charge on any atom is 0.248 e. The number of hydrogen-bond acceptors (Lipinski definition) is 4. The van der Waals surface area contributed by atoms with Crippen molar-refractivity contribution < 1.29 is 15.0 Å². The number of amides is 1. The van der Waals surface area contributed by atoms with E-state index in [0.717, 1.165) is 31.4 Å². The molecule has 1 amide bonds. The molecule has 5 nitrogen and oxygen atoms in total. The second kappa shape index (κ2) is 8.36. The monoisotopic (exact) mass is 328 g/mol. The molecule has 0 heterocycles. The standard InChI is InChI=1S/C19H24N2O3/c1-13(2-3-14-4-7-16(8-5-14)19(20)24)21-11-10-15-6-9-17(22)18(23)12-15/h4-9,12-13,21-23H,2-3,10-11H2,1H3,(H2,20,24). The van der Waals surface area contributed by atoms with Gasteiger partial charge in [0.2, 0.25) is 5.91 Å². The van der Waals surface area contributed by atoms with Gasteiger partial charge < -0.3 is 21.3 Å². The van der Waals surface area contributed by atoms with Gasteiger partial charge in [-0.3, -0.25) is 4.79 Å². The lowest BCUT2D eigenvalue weighted by atomic mass is 10.0. The van der Waals surface area contributed by atoms with Crippen molar-refractivity contribution >= 4 is 5.91 Å². The summed E-state index contributed by atoms with van der Waals surface area (Å²) in [6.07, 6.45) is 2.69. The number of primary amides is 1. The quantitative estimate of drug-likeness (QED) is 0.559. The first-order valence-corrected chi connectivity index (χ1v) is 8.08. The molecular formula is C19H24N2O3. The lowest BCUT2D eigenvalue weighted by Crippen LogP contribution is -2.28. The van der Waals surface area contributed by atoms with Crippen LogP contribution < -0.4 is 11.1 Å². The summed E-state index contributed by atoms with van der Waals surface area (Å²) in [5, 5.41) is 22.2. The van der Waals surface area contributed by atoms with E-state index < -0.39 is 5.91 Å². The van der Waals surface area contributed by atoms with Crippen LogP contribution in [0.25, 0.3) is 0 Å². The molecule has 0 saturated carbocycles. The number of phenols is 2. The molecule has 2 aromatic rings. The van der Waals surface area contributed by atoms with Crippen LogP contribution in [0.5, 0.6) is 11.5 Å². The van der Waals surface area contributed by atoms with Gasteiger partial charge in [-0.05, 0) is 68.1 Å². The van der Waals surface area contributed by atoms with Crippen LogP contribution in [-0.4, -0.2) is 28.7 Å². The number of carbonyl (C=O) groups excluding carboxylic acids is 1. The van der Waals surface area contributed by atoms with Crippen LogP contribution in [0.3, 0.4) is 0 Å². The molecule has 0 spiro atoms. The summed E-state index contributed by atoms with van der Waals surface area (Å²) in [5.74, 6) is -0.584. The molecule has 1 atom stereocenters. The molecule has 0 aliphatic carbocycles. The summed E-state index contributed by atoms with van der Waals surface area (Å²) in [4.78, 5) is 11.0. The average molecular weight is 328 g/mol. The number of nitrogens with two attached hydrogens (primary N) is 1. The second-order valence-corrected chi connectivity index (χ2v) is 6.03. The Morgan fingerprint density at radius 3 is 2.33 bits per heavy atom. The van der Waals surface area contributed by atoms with Crippen LogP contribution in [-0.2, 0) is 12.8 Å². The van der Waals surface area contributed by atoms with Gasteiger partial charge in [0.25, 0.3) is 0 Å². The number of benzene rings is 2. The highest BCUT2D eigenvalue weighted by Gasteiger charge is 2.05. The second-order valence-electron chi connectivity index (χ2n) is 6.03. The van der Waals surface area contributed by atoms with E-state index in [1.807, 2.05) is 18.2 Å². The Bertz CT molecular complexity index is 684. The molecule has 1 unspecified atom stereocenters. The molecule has 0 aliphatic heterocycles. The van der Waals surface area contributed by atoms with Gasteiger partial charge in [-0.2, -0.15) is 0 Å². The van der Waals surface area contributed by atoms with Gasteiger partial charge >= 0.3 is 0 Å². The SMILES string of the molecule is CC(CCc1ccc(C(N)=O)cc1)NCCc1ccc(O)c(O)c1. The minimum Gasteiger partial charge on any atom is -0.504 e. The first-order chi connectivity index (χ1) is 11.5. The Morgan fingerprint density at radius 2 is 1.71 bits per heavy atom. The summed E-state index contributed by atoms with van der Waals surface area (Å²) in [6, 6.07) is 12.6. The number of phenolic OH excluding ortho intramolecular Hbond substituents is 2. The molecule has 0 saturated heterocycles. The summed E-state index contributed by atoms with van der Waals surface area (Å²) >= 11 is 0. The molecular weight excluding hydrogens is 304 g/mol. The van der Waals surface area contributed by atoms with E-state index >= 15 is 0 Å². The smallest absolute Gasteiger partial charge is 0.248 e. The normalized spacial score (nSPS) is 12.0. The minimum absolute atomic E-state index is 0.0834. The number of carbonyl (C=O) groups is 1. The third-order valence-corrected chi connectivity index (χ3v) is 4.05. The zero-order valence-corrected chi connectivity index (χ0v) is 13.8. The van der Waals surface area contributed by atoms with Crippen LogP contribution in [0, 0.1) is 0 Å². The summed E-state index contributed by atoms with van der Waals surface area (Å²) in [7, 11) is 0. The van der Waals surface area contributed by atoms with Crippen molar-refractivity contribution in [1.29, 1.82) is 0 Å². The average Bonchev–Trinajstić information content (AvgIpc) is 2.56. The van der Waals surface area contributed by atoms with Crippen molar-refractivity contribution in [3.63, 3.8) is 0 Å². The maximum atomic E-state index is 11.0. The van der Waals surface area contributed by atoms with E-state index in [1.165, 1.54) is 11.6 Å². The van der Waals surface area contributed by atoms with Gasteiger partial charge in [-0.25, -0.2) is 0 Å². The summed E-state index contributed by atoms with van der Waals surface area (Å²) < 4.78 is 0. The molecule has 0 aliphatic rings. The topological polar surface area (TPSA) is 95.6 Å². The van der Waals surface area contributed by atoms with Crippen molar-refractivity contribution in [2.45, 2.75) is 32.2 Å². The van der Waals surface area contributed by atoms with E-state index in [0.29, 0.717) is 11.6 Å². The number of rotatable bonds is 8. The molecule has 0 radical (unpaired) electrons. The molecule has 0 aromatic heterocycles. The minimum atomic E-state index is -0.406. The number of aryl methyl sites for hydroxylation is 1. The largest absolute Gasteiger partial charge is 0.504 e. The highest BCUT2D eigenvalue weighted by atomic mass is 16.3. The van der Waals surface area contributed by atoms with Crippen LogP contribution in [0.15, 0.2) is 42.5 Å². The highest BCUT2D eigenvalue weighted by molar-refractivity contribution is 5.92. The predicted octanol–water partition coefficient (Wildman–Crippen LogP) is 2.35. The molecule has 2 rings (SSSR count). The van der Waals surface area contributed by atoms with Crippen LogP contribution in [0.2, 0.25) is 0 Å². The Morgan fingerprint density at radius 1 is 1.04 bits per heavy atom. The van der Waals surface area contributed by atoms with Crippen molar-refractivity contribution in [3.8, 4) is 11.5 Å². The van der Waals surface area contributed by atoms with E-state index in [1.54, 1.807) is 18.2 Å². The first-order valence-electron chi connectivity index (χ1n) is 8.08. The third kappa shape index (κ3) is 5.28. The Kier molecular flexibility index (Phi) is 6.21. The molecule has 24 heavy (non-hydrogen) atoms. The van der Waals surface area contributed by atoms with Gasteiger partial charge in [0.15, 0.2) is 11.5 Å². The van der Waals surface area contributed by atoms with Gasteiger partial charge in [0, 0.05) is 11.6 Å². The zero-order valence-electron chi connectivity index (χ0n) is 13.8. The molecule has 128 valence electrons. The zero-order chi connectivity index (χ0) is 17.5. The van der Waals surface area contributed by atoms with E-state index in [4.69, 9.17) is 5.73 Å². The Balaban J connectivity index is 1.72. The van der Waals surface area contributed by atoms with Crippen LogP contribution in [0.1, 0.15) is 34.8 Å². The number of hydrogen-bond donors (Lipinski definition) is 4. The summed E-state index contributed by atoms with van der Waals surface area (Å²) in [5.41, 5.74) is 7.91. The van der Waals surface area contributed by atoms with Gasteiger partial charge in [0.1, 0.15) is 0 Å². The van der Waals surface area contributed by atoms with E-state index in [9.17, 15) is 15.0 Å². The molecule has 0 fully saturated rings. The molecule has 5 N–H and O–H groups in total. The Hall–Kier alpha value is -2.53. The van der Waals surface area contributed by atoms with Gasteiger partial charge in [-0.15, -0.1) is 0 Å². The molecule has 2 aromatic carbocycles. The van der Waals surface area contributed by atoms with Crippen molar-refractivity contribution in [1.82, 2.24) is 5.32 Å².